The lowest BCUT2D eigenvalue weighted by atomic mass is 9.64. The lowest BCUT2D eigenvalue weighted by Crippen LogP contribution is -2.54. The highest BCUT2D eigenvalue weighted by atomic mass is 16.2. The standard InChI is InChI=1S/C19H23N3O2/c1-13-8-18(2,3)12-19(9-13)16(23)22(17(24)21-19)11-15-6-4-14(10-20)5-7-15/h4-7,13H,8-9,11-12H2,1-3H3,(H,21,24)/t13-,19-/m0/s1. The largest absolute Gasteiger partial charge is 0.325 e. The van der Waals surface area contributed by atoms with Crippen molar-refractivity contribution in [2.45, 2.75) is 52.1 Å². The van der Waals surface area contributed by atoms with Crippen molar-refractivity contribution in [2.75, 3.05) is 0 Å². The van der Waals surface area contributed by atoms with Crippen molar-refractivity contribution >= 4 is 11.9 Å². The monoisotopic (exact) mass is 325 g/mol. The summed E-state index contributed by atoms with van der Waals surface area (Å²) >= 11 is 0. The molecule has 1 spiro atoms. The van der Waals surface area contributed by atoms with Gasteiger partial charge in [-0.1, -0.05) is 32.9 Å². The minimum absolute atomic E-state index is 0.0328. The lowest BCUT2D eigenvalue weighted by Gasteiger charge is -2.43. The Bertz CT molecular complexity index is 717. The minimum Gasteiger partial charge on any atom is -0.323 e. The van der Waals surface area contributed by atoms with E-state index in [1.165, 1.54) is 4.90 Å². The van der Waals surface area contributed by atoms with Crippen molar-refractivity contribution in [3.8, 4) is 6.07 Å². The predicted octanol–water partition coefficient (Wildman–Crippen LogP) is 3.20. The van der Waals surface area contributed by atoms with Crippen molar-refractivity contribution in [1.29, 1.82) is 5.26 Å². The molecule has 1 aromatic rings. The third kappa shape index (κ3) is 2.89. The van der Waals surface area contributed by atoms with E-state index in [0.717, 1.165) is 12.0 Å². The average molecular weight is 325 g/mol. The molecule has 1 aromatic carbocycles. The molecule has 1 saturated carbocycles. The van der Waals surface area contributed by atoms with Gasteiger partial charge in [-0.25, -0.2) is 4.79 Å². The van der Waals surface area contributed by atoms with Crippen LogP contribution in [-0.2, 0) is 11.3 Å². The van der Waals surface area contributed by atoms with E-state index in [4.69, 9.17) is 5.26 Å². The van der Waals surface area contributed by atoms with Gasteiger partial charge in [-0.15, -0.1) is 0 Å². The van der Waals surface area contributed by atoms with E-state index in [0.29, 0.717) is 24.3 Å². The zero-order chi connectivity index (χ0) is 17.5. The molecule has 5 nitrogen and oxygen atoms in total. The second-order valence-electron chi connectivity index (χ2n) is 8.07. The molecule has 24 heavy (non-hydrogen) atoms. The van der Waals surface area contributed by atoms with E-state index < -0.39 is 5.54 Å². The van der Waals surface area contributed by atoms with Gasteiger partial charge in [-0.3, -0.25) is 9.69 Å². The van der Waals surface area contributed by atoms with E-state index >= 15 is 0 Å². The van der Waals surface area contributed by atoms with Crippen LogP contribution in [0, 0.1) is 22.7 Å². The Morgan fingerprint density at radius 3 is 2.50 bits per heavy atom. The van der Waals surface area contributed by atoms with E-state index in [1.54, 1.807) is 24.3 Å². The first kappa shape index (κ1) is 16.5. The first-order valence-corrected chi connectivity index (χ1v) is 8.38. The van der Waals surface area contributed by atoms with Crippen molar-refractivity contribution in [3.05, 3.63) is 35.4 Å². The van der Waals surface area contributed by atoms with Crippen LogP contribution in [0.3, 0.4) is 0 Å². The highest BCUT2D eigenvalue weighted by Crippen LogP contribution is 2.46. The van der Waals surface area contributed by atoms with Gasteiger partial charge >= 0.3 is 6.03 Å². The molecular formula is C19H23N3O2. The van der Waals surface area contributed by atoms with Crippen molar-refractivity contribution in [1.82, 2.24) is 10.2 Å². The van der Waals surface area contributed by atoms with Gasteiger partial charge in [0.15, 0.2) is 0 Å². The molecule has 2 aliphatic rings. The summed E-state index contributed by atoms with van der Waals surface area (Å²) in [5.74, 6) is 0.282. The van der Waals surface area contributed by atoms with Gasteiger partial charge in [-0.2, -0.15) is 5.26 Å². The number of hydrogen-bond donors (Lipinski definition) is 1. The fourth-order valence-corrected chi connectivity index (χ4v) is 4.52. The summed E-state index contributed by atoms with van der Waals surface area (Å²) < 4.78 is 0. The molecule has 5 heteroatoms. The van der Waals surface area contributed by atoms with Crippen LogP contribution in [0.4, 0.5) is 4.79 Å². The molecule has 2 fully saturated rings. The molecule has 0 unspecified atom stereocenters. The number of rotatable bonds is 2. The highest BCUT2D eigenvalue weighted by Gasteiger charge is 2.55. The molecule has 0 bridgehead atoms. The summed E-state index contributed by atoms with van der Waals surface area (Å²) in [6.45, 7) is 6.71. The Labute approximate surface area is 142 Å². The van der Waals surface area contributed by atoms with Gasteiger partial charge in [-0.05, 0) is 48.3 Å². The Morgan fingerprint density at radius 2 is 1.92 bits per heavy atom. The van der Waals surface area contributed by atoms with E-state index in [1.807, 2.05) is 0 Å². The number of carbonyl (C=O) groups excluding carboxylic acids is 2. The summed E-state index contributed by atoms with van der Waals surface area (Å²) in [6, 6.07) is 8.74. The fraction of sp³-hybridized carbons (Fsp3) is 0.526. The Hall–Kier alpha value is -2.35. The lowest BCUT2D eigenvalue weighted by molar-refractivity contribution is -0.135. The first-order chi connectivity index (χ1) is 11.2. The number of hydrogen-bond acceptors (Lipinski definition) is 3. The Morgan fingerprint density at radius 1 is 1.25 bits per heavy atom. The van der Waals surface area contributed by atoms with Gasteiger partial charge in [0.2, 0.25) is 0 Å². The van der Waals surface area contributed by atoms with Crippen LogP contribution in [0.2, 0.25) is 0 Å². The van der Waals surface area contributed by atoms with Gasteiger partial charge in [0, 0.05) is 0 Å². The van der Waals surface area contributed by atoms with Crippen LogP contribution < -0.4 is 5.32 Å². The van der Waals surface area contributed by atoms with Crippen LogP contribution >= 0.6 is 0 Å². The van der Waals surface area contributed by atoms with Gasteiger partial charge in [0.05, 0.1) is 18.2 Å². The molecule has 3 rings (SSSR count). The Kier molecular flexibility index (Phi) is 3.87. The molecule has 3 amide bonds. The second kappa shape index (κ2) is 5.62. The van der Waals surface area contributed by atoms with E-state index in [9.17, 15) is 9.59 Å². The van der Waals surface area contributed by atoms with E-state index in [-0.39, 0.29) is 23.9 Å². The number of benzene rings is 1. The molecule has 1 aliphatic heterocycles. The normalized spacial score (nSPS) is 28.8. The van der Waals surface area contributed by atoms with Crippen LogP contribution in [0.1, 0.15) is 51.2 Å². The second-order valence-corrected chi connectivity index (χ2v) is 8.07. The number of amides is 3. The number of urea groups is 1. The molecule has 1 heterocycles. The highest BCUT2D eigenvalue weighted by molar-refractivity contribution is 6.07. The van der Waals surface area contributed by atoms with E-state index in [2.05, 4.69) is 32.2 Å². The van der Waals surface area contributed by atoms with Crippen LogP contribution in [0.15, 0.2) is 24.3 Å². The topological polar surface area (TPSA) is 73.2 Å². The SMILES string of the molecule is C[C@H]1CC(C)(C)C[C@]2(C1)NC(=O)N(Cc1ccc(C#N)cc1)C2=O. The van der Waals surface area contributed by atoms with Gasteiger partial charge in [0.25, 0.3) is 5.91 Å². The molecule has 126 valence electrons. The van der Waals surface area contributed by atoms with Crippen molar-refractivity contribution < 1.29 is 9.59 Å². The summed E-state index contributed by atoms with van der Waals surface area (Å²) in [4.78, 5) is 26.8. The predicted molar refractivity (Wildman–Crippen MR) is 89.8 cm³/mol. The number of nitriles is 1. The summed E-state index contributed by atoms with van der Waals surface area (Å²) in [6.07, 6.45) is 2.44. The molecule has 2 atom stereocenters. The van der Waals surface area contributed by atoms with Gasteiger partial charge < -0.3 is 5.32 Å². The molecule has 1 N–H and O–H groups in total. The zero-order valence-electron chi connectivity index (χ0n) is 14.4. The molecule has 0 aromatic heterocycles. The van der Waals surface area contributed by atoms with Crippen molar-refractivity contribution in [2.24, 2.45) is 11.3 Å². The number of carbonyl (C=O) groups is 2. The molecule has 0 radical (unpaired) electrons. The van der Waals surface area contributed by atoms with Crippen molar-refractivity contribution in [3.63, 3.8) is 0 Å². The maximum atomic E-state index is 13.0. The smallest absolute Gasteiger partial charge is 0.323 e. The Balaban J connectivity index is 1.82. The molecule has 1 aliphatic carbocycles. The first-order valence-electron chi connectivity index (χ1n) is 8.38. The average Bonchev–Trinajstić information content (AvgIpc) is 2.69. The van der Waals surface area contributed by atoms with Crippen LogP contribution in [-0.4, -0.2) is 22.4 Å². The van der Waals surface area contributed by atoms with Crippen LogP contribution in [0.5, 0.6) is 0 Å². The number of nitrogens with zero attached hydrogens (tertiary/aromatic N) is 2. The summed E-state index contributed by atoms with van der Waals surface area (Å²) in [5.41, 5.74) is 0.684. The molecule has 1 saturated heterocycles. The number of imide groups is 1. The minimum atomic E-state index is -0.759. The summed E-state index contributed by atoms with van der Waals surface area (Å²) in [7, 11) is 0. The quantitative estimate of drug-likeness (QED) is 0.849. The van der Waals surface area contributed by atoms with Gasteiger partial charge in [0.1, 0.15) is 5.54 Å². The van der Waals surface area contributed by atoms with Crippen LogP contribution in [0.25, 0.3) is 0 Å². The maximum Gasteiger partial charge on any atom is 0.325 e. The third-order valence-electron chi connectivity index (χ3n) is 5.05. The zero-order valence-corrected chi connectivity index (χ0v) is 14.4. The number of nitrogens with one attached hydrogen (secondary N) is 1. The fourth-order valence-electron chi connectivity index (χ4n) is 4.52. The third-order valence-corrected chi connectivity index (χ3v) is 5.05. The maximum absolute atomic E-state index is 13.0. The molecular weight excluding hydrogens is 302 g/mol. The summed E-state index contributed by atoms with van der Waals surface area (Å²) in [5, 5.41) is 11.8.